The SMILES string of the molecule is CCNC1(CC(=O)OCC)CCOCC1.Cl. The van der Waals surface area contributed by atoms with Crippen molar-refractivity contribution in [2.75, 3.05) is 26.4 Å². The highest BCUT2D eigenvalue weighted by Gasteiger charge is 2.34. The molecule has 5 heteroatoms. The van der Waals surface area contributed by atoms with E-state index in [-0.39, 0.29) is 23.9 Å². The summed E-state index contributed by atoms with van der Waals surface area (Å²) in [5.74, 6) is -0.111. The summed E-state index contributed by atoms with van der Waals surface area (Å²) < 4.78 is 10.3. The second-order valence-electron chi connectivity index (χ2n) is 3.90. The van der Waals surface area contributed by atoms with Crippen molar-refractivity contribution in [3.63, 3.8) is 0 Å². The molecule has 0 unspecified atom stereocenters. The lowest BCUT2D eigenvalue weighted by Gasteiger charge is -2.37. The molecule has 1 heterocycles. The molecule has 0 aromatic rings. The van der Waals surface area contributed by atoms with E-state index >= 15 is 0 Å². The van der Waals surface area contributed by atoms with E-state index in [9.17, 15) is 4.79 Å². The number of ether oxygens (including phenoxy) is 2. The lowest BCUT2D eigenvalue weighted by molar-refractivity contribution is -0.146. The third-order valence-corrected chi connectivity index (χ3v) is 2.79. The first-order valence-corrected chi connectivity index (χ1v) is 5.71. The van der Waals surface area contributed by atoms with E-state index in [0.717, 1.165) is 32.6 Å². The van der Waals surface area contributed by atoms with E-state index < -0.39 is 0 Å². The molecule has 1 aliphatic heterocycles. The van der Waals surface area contributed by atoms with E-state index in [4.69, 9.17) is 9.47 Å². The molecular weight excluding hydrogens is 230 g/mol. The fourth-order valence-electron chi connectivity index (χ4n) is 2.04. The number of halogens is 1. The molecule has 16 heavy (non-hydrogen) atoms. The summed E-state index contributed by atoms with van der Waals surface area (Å²) in [7, 11) is 0. The van der Waals surface area contributed by atoms with Gasteiger partial charge in [0.05, 0.1) is 13.0 Å². The number of rotatable bonds is 5. The molecule has 1 N–H and O–H groups in total. The quantitative estimate of drug-likeness (QED) is 0.753. The van der Waals surface area contributed by atoms with Gasteiger partial charge in [0.25, 0.3) is 0 Å². The van der Waals surface area contributed by atoms with Crippen LogP contribution < -0.4 is 5.32 Å². The first-order valence-electron chi connectivity index (χ1n) is 5.71. The van der Waals surface area contributed by atoms with Gasteiger partial charge in [0.2, 0.25) is 0 Å². The zero-order chi connectivity index (χ0) is 11.1. The third kappa shape index (κ3) is 4.68. The fraction of sp³-hybridized carbons (Fsp3) is 0.909. The number of carbonyl (C=O) groups is 1. The normalized spacial score (nSPS) is 18.6. The Hall–Kier alpha value is -0.320. The van der Waals surface area contributed by atoms with E-state index in [1.165, 1.54) is 0 Å². The minimum Gasteiger partial charge on any atom is -0.466 e. The van der Waals surface area contributed by atoms with Crippen molar-refractivity contribution < 1.29 is 14.3 Å². The first kappa shape index (κ1) is 15.7. The Balaban J connectivity index is 0.00000225. The molecule has 0 spiro atoms. The van der Waals surface area contributed by atoms with Crippen LogP contribution in [0, 0.1) is 0 Å². The van der Waals surface area contributed by atoms with Crippen LogP contribution in [-0.2, 0) is 14.3 Å². The van der Waals surface area contributed by atoms with Crippen LogP contribution in [0.4, 0.5) is 0 Å². The van der Waals surface area contributed by atoms with Crippen molar-refractivity contribution in [3.05, 3.63) is 0 Å². The number of nitrogens with one attached hydrogen (secondary N) is 1. The first-order chi connectivity index (χ1) is 7.22. The molecule has 1 aliphatic rings. The minimum absolute atomic E-state index is 0. The summed E-state index contributed by atoms with van der Waals surface area (Å²) in [6.07, 6.45) is 2.23. The molecule has 0 saturated carbocycles. The van der Waals surface area contributed by atoms with Gasteiger partial charge in [-0.15, -0.1) is 12.4 Å². The van der Waals surface area contributed by atoms with Gasteiger partial charge in [-0.2, -0.15) is 0 Å². The number of carbonyl (C=O) groups excluding carboxylic acids is 1. The number of hydrogen-bond acceptors (Lipinski definition) is 4. The maximum Gasteiger partial charge on any atom is 0.307 e. The van der Waals surface area contributed by atoms with Gasteiger partial charge < -0.3 is 14.8 Å². The summed E-state index contributed by atoms with van der Waals surface area (Å²) in [4.78, 5) is 11.5. The molecule has 0 atom stereocenters. The maximum atomic E-state index is 11.5. The van der Waals surface area contributed by atoms with Crippen LogP contribution in [-0.4, -0.2) is 37.9 Å². The molecular formula is C11H22ClNO3. The largest absolute Gasteiger partial charge is 0.466 e. The summed E-state index contributed by atoms with van der Waals surface area (Å²) in [5.41, 5.74) is -0.0980. The van der Waals surface area contributed by atoms with Crippen LogP contribution in [0.2, 0.25) is 0 Å². The maximum absolute atomic E-state index is 11.5. The zero-order valence-electron chi connectivity index (χ0n) is 10.1. The molecule has 1 fully saturated rings. The second-order valence-corrected chi connectivity index (χ2v) is 3.90. The Morgan fingerprint density at radius 3 is 2.50 bits per heavy atom. The Labute approximate surface area is 103 Å². The molecule has 1 rings (SSSR count). The van der Waals surface area contributed by atoms with Crippen molar-refractivity contribution in [2.24, 2.45) is 0 Å². The van der Waals surface area contributed by atoms with Gasteiger partial charge in [-0.1, -0.05) is 6.92 Å². The predicted molar refractivity (Wildman–Crippen MR) is 65.0 cm³/mol. The van der Waals surface area contributed by atoms with Gasteiger partial charge in [0.15, 0.2) is 0 Å². The smallest absolute Gasteiger partial charge is 0.307 e. The average molecular weight is 252 g/mol. The molecule has 4 nitrogen and oxygen atoms in total. The van der Waals surface area contributed by atoms with Crippen molar-refractivity contribution in [1.82, 2.24) is 5.32 Å². The van der Waals surface area contributed by atoms with Crippen molar-refractivity contribution in [1.29, 1.82) is 0 Å². The van der Waals surface area contributed by atoms with Crippen molar-refractivity contribution >= 4 is 18.4 Å². The van der Waals surface area contributed by atoms with Crippen LogP contribution in [0.15, 0.2) is 0 Å². The van der Waals surface area contributed by atoms with E-state index in [1.54, 1.807) is 0 Å². The number of hydrogen-bond donors (Lipinski definition) is 1. The Bertz CT molecular complexity index is 200. The standard InChI is InChI=1S/C11H21NO3.ClH/c1-3-12-11(5-7-14-8-6-11)9-10(13)15-4-2;/h12H,3-9H2,1-2H3;1H. The molecule has 0 radical (unpaired) electrons. The van der Waals surface area contributed by atoms with Crippen LogP contribution in [0.25, 0.3) is 0 Å². The van der Waals surface area contributed by atoms with E-state index in [2.05, 4.69) is 12.2 Å². The molecule has 0 aliphatic carbocycles. The van der Waals surface area contributed by atoms with Gasteiger partial charge in [-0.3, -0.25) is 4.79 Å². The van der Waals surface area contributed by atoms with Gasteiger partial charge >= 0.3 is 5.97 Å². The summed E-state index contributed by atoms with van der Waals surface area (Å²) in [6.45, 7) is 6.68. The molecule has 96 valence electrons. The molecule has 0 aromatic carbocycles. The van der Waals surface area contributed by atoms with Crippen molar-refractivity contribution in [3.8, 4) is 0 Å². The number of esters is 1. The molecule has 0 bridgehead atoms. The highest BCUT2D eigenvalue weighted by atomic mass is 35.5. The Morgan fingerprint density at radius 2 is 2.00 bits per heavy atom. The van der Waals surface area contributed by atoms with Gasteiger partial charge in [-0.05, 0) is 26.3 Å². The second kappa shape index (κ2) is 7.87. The molecule has 0 aromatic heterocycles. The summed E-state index contributed by atoms with van der Waals surface area (Å²) in [6, 6.07) is 0. The molecule has 1 saturated heterocycles. The summed E-state index contributed by atoms with van der Waals surface area (Å²) in [5, 5.41) is 3.41. The fourth-order valence-corrected chi connectivity index (χ4v) is 2.04. The van der Waals surface area contributed by atoms with Crippen molar-refractivity contribution in [2.45, 2.75) is 38.6 Å². The van der Waals surface area contributed by atoms with Crippen LogP contribution in [0.5, 0.6) is 0 Å². The average Bonchev–Trinajstić information content (AvgIpc) is 2.19. The lowest BCUT2D eigenvalue weighted by atomic mass is 9.86. The van der Waals surface area contributed by atoms with Crippen LogP contribution in [0.1, 0.15) is 33.1 Å². The highest BCUT2D eigenvalue weighted by Crippen LogP contribution is 2.24. The topological polar surface area (TPSA) is 47.6 Å². The highest BCUT2D eigenvalue weighted by molar-refractivity contribution is 5.85. The predicted octanol–water partition coefficient (Wildman–Crippen LogP) is 1.52. The lowest BCUT2D eigenvalue weighted by Crippen LogP contribution is -2.50. The Kier molecular flexibility index (Phi) is 7.72. The van der Waals surface area contributed by atoms with Gasteiger partial charge in [-0.25, -0.2) is 0 Å². The van der Waals surface area contributed by atoms with Gasteiger partial charge in [0, 0.05) is 18.8 Å². The van der Waals surface area contributed by atoms with Crippen LogP contribution in [0.3, 0.4) is 0 Å². The van der Waals surface area contributed by atoms with Crippen LogP contribution >= 0.6 is 12.4 Å². The summed E-state index contributed by atoms with van der Waals surface area (Å²) >= 11 is 0. The monoisotopic (exact) mass is 251 g/mol. The molecule has 0 amide bonds. The van der Waals surface area contributed by atoms with E-state index in [1.807, 2.05) is 6.92 Å². The van der Waals surface area contributed by atoms with Gasteiger partial charge in [0.1, 0.15) is 0 Å². The Morgan fingerprint density at radius 1 is 1.38 bits per heavy atom. The third-order valence-electron chi connectivity index (χ3n) is 2.79. The minimum atomic E-state index is -0.111. The zero-order valence-corrected chi connectivity index (χ0v) is 10.9. The van der Waals surface area contributed by atoms with E-state index in [0.29, 0.717) is 13.0 Å².